The largest absolute Gasteiger partial charge is 0.283 e. The highest BCUT2D eigenvalue weighted by molar-refractivity contribution is 7.86. The van der Waals surface area contributed by atoms with E-state index in [1.54, 1.807) is 0 Å². The van der Waals surface area contributed by atoms with Crippen LogP contribution in [0.5, 0.6) is 0 Å². The van der Waals surface area contributed by atoms with Crippen LogP contribution in [0.4, 0.5) is 0 Å². The lowest BCUT2D eigenvalue weighted by Gasteiger charge is -2.09. The zero-order valence-corrected chi connectivity index (χ0v) is 9.85. The molecule has 1 unspecified atom stereocenters. The first-order chi connectivity index (χ1) is 6.52. The summed E-state index contributed by atoms with van der Waals surface area (Å²) in [5, 5.41) is 0. The second-order valence-corrected chi connectivity index (χ2v) is 5.46. The summed E-state index contributed by atoms with van der Waals surface area (Å²) in [6.45, 7) is 4.21. The summed E-state index contributed by atoms with van der Waals surface area (Å²) >= 11 is 0. The minimum absolute atomic E-state index is 0.0246. The average molecular weight is 223 g/mol. The fourth-order valence-electron chi connectivity index (χ4n) is 1.28. The van der Waals surface area contributed by atoms with Gasteiger partial charge in [-0.1, -0.05) is 39.5 Å². The van der Waals surface area contributed by atoms with E-state index in [0.717, 1.165) is 6.42 Å². The van der Waals surface area contributed by atoms with Gasteiger partial charge in [-0.05, 0) is 12.3 Å². The van der Waals surface area contributed by atoms with Crippen LogP contribution in [0, 0.1) is 5.92 Å². The molecule has 0 aliphatic heterocycles. The SMILES string of the molecule is CCCCCC(C)CCS(=O)(=O)ON. The minimum atomic E-state index is -3.47. The molecule has 0 bridgehead atoms. The average Bonchev–Trinajstić information content (AvgIpc) is 2.16. The first-order valence-electron chi connectivity index (χ1n) is 5.13. The standard InChI is InChI=1S/C9H21NO3S/c1-3-4-5-6-9(2)7-8-14(11,12)13-10/h9H,3-8,10H2,1-2H3. The summed E-state index contributed by atoms with van der Waals surface area (Å²) in [6.07, 6.45) is 5.28. The van der Waals surface area contributed by atoms with E-state index in [4.69, 9.17) is 0 Å². The van der Waals surface area contributed by atoms with Crippen molar-refractivity contribution in [3.8, 4) is 0 Å². The van der Waals surface area contributed by atoms with Crippen molar-refractivity contribution < 1.29 is 12.7 Å². The summed E-state index contributed by atoms with van der Waals surface area (Å²) in [6, 6.07) is 0. The van der Waals surface area contributed by atoms with Gasteiger partial charge in [-0.3, -0.25) is 0 Å². The van der Waals surface area contributed by atoms with Crippen LogP contribution in [0.15, 0.2) is 0 Å². The molecule has 0 saturated carbocycles. The van der Waals surface area contributed by atoms with Crippen LogP contribution in [0.25, 0.3) is 0 Å². The van der Waals surface area contributed by atoms with Crippen LogP contribution in [0.1, 0.15) is 46.0 Å². The third-order valence-electron chi connectivity index (χ3n) is 2.31. The van der Waals surface area contributed by atoms with Gasteiger partial charge in [-0.25, -0.2) is 0 Å². The zero-order valence-electron chi connectivity index (χ0n) is 9.03. The molecule has 4 nitrogen and oxygen atoms in total. The van der Waals surface area contributed by atoms with Gasteiger partial charge in [-0.2, -0.15) is 18.6 Å². The molecule has 0 aromatic rings. The lowest BCUT2D eigenvalue weighted by molar-refractivity contribution is 0.329. The van der Waals surface area contributed by atoms with E-state index >= 15 is 0 Å². The maximum Gasteiger partial charge on any atom is 0.283 e. The fraction of sp³-hybridized carbons (Fsp3) is 1.00. The molecule has 0 heterocycles. The van der Waals surface area contributed by atoms with E-state index in [1.807, 2.05) is 0 Å². The van der Waals surface area contributed by atoms with Crippen LogP contribution in [-0.2, 0) is 14.4 Å². The molecule has 0 fully saturated rings. The van der Waals surface area contributed by atoms with Gasteiger partial charge in [0, 0.05) is 0 Å². The molecule has 0 spiro atoms. The van der Waals surface area contributed by atoms with Gasteiger partial charge < -0.3 is 0 Å². The second-order valence-electron chi connectivity index (χ2n) is 3.75. The highest BCUT2D eigenvalue weighted by atomic mass is 32.2. The molecule has 0 aromatic carbocycles. The third-order valence-corrected chi connectivity index (χ3v) is 3.34. The normalized spacial score (nSPS) is 14.2. The number of unbranched alkanes of at least 4 members (excludes halogenated alkanes) is 2. The molecule has 0 amide bonds. The maximum atomic E-state index is 10.9. The Labute approximate surface area is 86.9 Å². The van der Waals surface area contributed by atoms with Gasteiger partial charge in [0.25, 0.3) is 10.1 Å². The molecule has 0 aliphatic carbocycles. The number of hydrogen-bond acceptors (Lipinski definition) is 4. The highest BCUT2D eigenvalue weighted by Gasteiger charge is 2.11. The van der Waals surface area contributed by atoms with E-state index < -0.39 is 10.1 Å². The van der Waals surface area contributed by atoms with E-state index in [-0.39, 0.29) is 5.75 Å². The Morgan fingerprint density at radius 3 is 2.43 bits per heavy atom. The summed E-state index contributed by atoms with van der Waals surface area (Å²) in [5.41, 5.74) is 0. The quantitative estimate of drug-likeness (QED) is 0.503. The monoisotopic (exact) mass is 223 g/mol. The van der Waals surface area contributed by atoms with Crippen molar-refractivity contribution in [2.24, 2.45) is 11.8 Å². The van der Waals surface area contributed by atoms with Crippen molar-refractivity contribution >= 4 is 10.1 Å². The van der Waals surface area contributed by atoms with Gasteiger partial charge in [0.2, 0.25) is 0 Å². The van der Waals surface area contributed by atoms with Crippen molar-refractivity contribution in [3.63, 3.8) is 0 Å². The number of hydrogen-bond donors (Lipinski definition) is 1. The van der Waals surface area contributed by atoms with Crippen LogP contribution >= 0.6 is 0 Å². The topological polar surface area (TPSA) is 69.4 Å². The number of nitrogens with two attached hydrogens (primary N) is 1. The Kier molecular flexibility index (Phi) is 7.13. The third kappa shape index (κ3) is 7.29. The smallest absolute Gasteiger partial charge is 0.198 e. The van der Waals surface area contributed by atoms with Gasteiger partial charge in [0.1, 0.15) is 0 Å². The van der Waals surface area contributed by atoms with Crippen molar-refractivity contribution in [1.82, 2.24) is 0 Å². The predicted molar refractivity (Wildman–Crippen MR) is 57.0 cm³/mol. The lowest BCUT2D eigenvalue weighted by atomic mass is 10.0. The fourth-order valence-corrected chi connectivity index (χ4v) is 2.07. The molecular weight excluding hydrogens is 202 g/mol. The van der Waals surface area contributed by atoms with Crippen LogP contribution < -0.4 is 5.90 Å². The molecule has 14 heavy (non-hydrogen) atoms. The Balaban J connectivity index is 3.58. The van der Waals surface area contributed by atoms with Gasteiger partial charge in [0.05, 0.1) is 5.75 Å². The second kappa shape index (κ2) is 7.20. The van der Waals surface area contributed by atoms with Gasteiger partial charge in [0.15, 0.2) is 0 Å². The van der Waals surface area contributed by atoms with Crippen LogP contribution in [0.3, 0.4) is 0 Å². The van der Waals surface area contributed by atoms with Crippen molar-refractivity contribution in [2.75, 3.05) is 5.75 Å². The molecule has 0 aliphatic rings. The van der Waals surface area contributed by atoms with E-state index in [1.165, 1.54) is 19.3 Å². The minimum Gasteiger partial charge on any atom is -0.198 e. The van der Waals surface area contributed by atoms with E-state index in [0.29, 0.717) is 12.3 Å². The molecule has 86 valence electrons. The van der Waals surface area contributed by atoms with E-state index in [2.05, 4.69) is 24.0 Å². The Morgan fingerprint density at radius 2 is 1.93 bits per heavy atom. The molecule has 1 atom stereocenters. The molecule has 0 radical (unpaired) electrons. The summed E-state index contributed by atoms with van der Waals surface area (Å²) in [7, 11) is -3.47. The van der Waals surface area contributed by atoms with Crippen LogP contribution in [-0.4, -0.2) is 14.2 Å². The molecule has 2 N–H and O–H groups in total. The lowest BCUT2D eigenvalue weighted by Crippen LogP contribution is -2.16. The predicted octanol–water partition coefficient (Wildman–Crippen LogP) is 1.81. The summed E-state index contributed by atoms with van der Waals surface area (Å²) in [5.74, 6) is 5.07. The first kappa shape index (κ1) is 13.9. The Hall–Kier alpha value is -0.130. The highest BCUT2D eigenvalue weighted by Crippen LogP contribution is 2.13. The Morgan fingerprint density at radius 1 is 1.29 bits per heavy atom. The molecule has 0 rings (SSSR count). The van der Waals surface area contributed by atoms with Gasteiger partial charge in [-0.15, -0.1) is 0 Å². The van der Waals surface area contributed by atoms with Crippen molar-refractivity contribution in [1.29, 1.82) is 0 Å². The molecule has 0 saturated heterocycles. The number of rotatable bonds is 8. The molecular formula is C9H21NO3S. The van der Waals surface area contributed by atoms with Crippen LogP contribution in [0.2, 0.25) is 0 Å². The zero-order chi connectivity index (χ0) is 11.0. The van der Waals surface area contributed by atoms with Crippen molar-refractivity contribution in [3.05, 3.63) is 0 Å². The van der Waals surface area contributed by atoms with E-state index in [9.17, 15) is 8.42 Å². The maximum absolute atomic E-state index is 10.9. The summed E-state index contributed by atoms with van der Waals surface area (Å²) in [4.78, 5) is 0. The van der Waals surface area contributed by atoms with Gasteiger partial charge >= 0.3 is 0 Å². The van der Waals surface area contributed by atoms with Crippen molar-refractivity contribution in [2.45, 2.75) is 46.0 Å². The molecule has 5 heteroatoms. The summed E-state index contributed by atoms with van der Waals surface area (Å²) < 4.78 is 25.7. The molecule has 0 aromatic heterocycles. The first-order valence-corrected chi connectivity index (χ1v) is 6.70. The Bertz CT molecular complexity index is 226.